The fourth-order valence-electron chi connectivity index (χ4n) is 2.07. The standard InChI is InChI=1S/C11H17FN4O/c1-2-11(12)7-16(6-4-8(11)17)10-14-5-3-9(13)15-10/h3,5,8,17H,2,4,6-7H2,1H3,(H2,13,14,15)/t8-,11-/m0/s1. The van der Waals surface area contributed by atoms with Gasteiger partial charge in [0.05, 0.1) is 12.6 Å². The Morgan fingerprint density at radius 1 is 1.71 bits per heavy atom. The number of alkyl halides is 1. The van der Waals surface area contributed by atoms with Crippen LogP contribution in [0.3, 0.4) is 0 Å². The van der Waals surface area contributed by atoms with Crippen LogP contribution in [-0.4, -0.2) is 39.9 Å². The first-order valence-electron chi connectivity index (χ1n) is 5.75. The second-order valence-electron chi connectivity index (χ2n) is 4.40. The lowest BCUT2D eigenvalue weighted by atomic mass is 9.89. The Morgan fingerprint density at radius 2 is 2.47 bits per heavy atom. The number of aliphatic hydroxyl groups excluding tert-OH is 1. The fraction of sp³-hybridized carbons (Fsp3) is 0.636. The van der Waals surface area contributed by atoms with Gasteiger partial charge in [0.15, 0.2) is 5.67 Å². The van der Waals surface area contributed by atoms with E-state index in [1.54, 1.807) is 24.1 Å². The molecule has 5 nitrogen and oxygen atoms in total. The molecule has 0 spiro atoms. The lowest BCUT2D eigenvalue weighted by molar-refractivity contribution is -0.0238. The number of nitrogens with zero attached hydrogens (tertiary/aromatic N) is 3. The van der Waals surface area contributed by atoms with Crippen molar-refractivity contribution < 1.29 is 9.50 Å². The van der Waals surface area contributed by atoms with Gasteiger partial charge in [0.2, 0.25) is 5.95 Å². The van der Waals surface area contributed by atoms with Gasteiger partial charge < -0.3 is 15.7 Å². The Kier molecular flexibility index (Phi) is 3.15. The first-order valence-corrected chi connectivity index (χ1v) is 5.75. The van der Waals surface area contributed by atoms with Gasteiger partial charge in [0, 0.05) is 12.7 Å². The number of piperidine rings is 1. The van der Waals surface area contributed by atoms with E-state index in [0.29, 0.717) is 24.7 Å². The van der Waals surface area contributed by atoms with E-state index in [2.05, 4.69) is 9.97 Å². The van der Waals surface area contributed by atoms with Crippen molar-refractivity contribution in [1.29, 1.82) is 0 Å². The van der Waals surface area contributed by atoms with Crippen LogP contribution in [0.1, 0.15) is 19.8 Å². The smallest absolute Gasteiger partial charge is 0.227 e. The third-order valence-electron chi connectivity index (χ3n) is 3.26. The van der Waals surface area contributed by atoms with Crippen molar-refractivity contribution in [2.75, 3.05) is 23.7 Å². The number of nitrogen functional groups attached to an aromatic ring is 1. The zero-order chi connectivity index (χ0) is 12.5. The van der Waals surface area contributed by atoms with Crippen LogP contribution in [0.15, 0.2) is 12.3 Å². The highest BCUT2D eigenvalue weighted by atomic mass is 19.1. The fourth-order valence-corrected chi connectivity index (χ4v) is 2.07. The lowest BCUT2D eigenvalue weighted by Gasteiger charge is -2.40. The number of aromatic nitrogens is 2. The van der Waals surface area contributed by atoms with Crippen LogP contribution >= 0.6 is 0 Å². The Hall–Kier alpha value is -1.43. The van der Waals surface area contributed by atoms with E-state index in [9.17, 15) is 9.50 Å². The number of rotatable bonds is 2. The Morgan fingerprint density at radius 3 is 3.12 bits per heavy atom. The molecule has 94 valence electrons. The van der Waals surface area contributed by atoms with Crippen molar-refractivity contribution in [1.82, 2.24) is 9.97 Å². The highest BCUT2D eigenvalue weighted by molar-refractivity contribution is 5.39. The number of hydrogen-bond donors (Lipinski definition) is 2. The number of hydrogen-bond acceptors (Lipinski definition) is 5. The van der Waals surface area contributed by atoms with E-state index in [1.807, 2.05) is 0 Å². The molecule has 0 amide bonds. The monoisotopic (exact) mass is 240 g/mol. The van der Waals surface area contributed by atoms with Crippen LogP contribution in [0.5, 0.6) is 0 Å². The summed E-state index contributed by atoms with van der Waals surface area (Å²) in [6.45, 7) is 2.37. The summed E-state index contributed by atoms with van der Waals surface area (Å²) in [7, 11) is 0. The topological polar surface area (TPSA) is 75.3 Å². The van der Waals surface area contributed by atoms with Gasteiger partial charge in [-0.2, -0.15) is 4.98 Å². The molecule has 0 aliphatic carbocycles. The zero-order valence-corrected chi connectivity index (χ0v) is 9.80. The lowest BCUT2D eigenvalue weighted by Crippen LogP contribution is -2.54. The maximum absolute atomic E-state index is 14.4. The van der Waals surface area contributed by atoms with Crippen LogP contribution in [0.25, 0.3) is 0 Å². The van der Waals surface area contributed by atoms with Gasteiger partial charge in [-0.25, -0.2) is 9.37 Å². The summed E-state index contributed by atoms with van der Waals surface area (Å²) in [5, 5.41) is 9.68. The number of aliphatic hydroxyl groups is 1. The minimum Gasteiger partial charge on any atom is -0.390 e. The molecule has 0 aromatic carbocycles. The number of anilines is 2. The molecule has 2 heterocycles. The molecule has 2 atom stereocenters. The first-order chi connectivity index (χ1) is 8.05. The van der Waals surface area contributed by atoms with Crippen molar-refractivity contribution in [3.8, 4) is 0 Å². The summed E-state index contributed by atoms with van der Waals surface area (Å²) in [4.78, 5) is 9.87. The molecule has 6 heteroatoms. The first kappa shape index (κ1) is 12.0. The summed E-state index contributed by atoms with van der Waals surface area (Å²) < 4.78 is 14.4. The molecule has 17 heavy (non-hydrogen) atoms. The van der Waals surface area contributed by atoms with Crippen LogP contribution in [-0.2, 0) is 0 Å². The Bertz CT molecular complexity index is 403. The molecule has 0 bridgehead atoms. The predicted molar refractivity (Wildman–Crippen MR) is 63.4 cm³/mol. The number of halogens is 1. The normalized spacial score (nSPS) is 29.4. The summed E-state index contributed by atoms with van der Waals surface area (Å²) >= 11 is 0. The summed E-state index contributed by atoms with van der Waals surface area (Å²) in [5.41, 5.74) is 3.98. The van der Waals surface area contributed by atoms with E-state index in [0.717, 1.165) is 0 Å². The van der Waals surface area contributed by atoms with Gasteiger partial charge in [-0.05, 0) is 18.9 Å². The molecular weight excluding hydrogens is 223 g/mol. The van der Waals surface area contributed by atoms with Crippen LogP contribution in [0.2, 0.25) is 0 Å². The van der Waals surface area contributed by atoms with Crippen LogP contribution < -0.4 is 10.6 Å². The zero-order valence-electron chi connectivity index (χ0n) is 9.80. The molecule has 1 aliphatic rings. The molecule has 1 fully saturated rings. The van der Waals surface area contributed by atoms with Crippen molar-refractivity contribution in [2.45, 2.75) is 31.5 Å². The van der Waals surface area contributed by atoms with Crippen molar-refractivity contribution in [2.24, 2.45) is 0 Å². The average molecular weight is 240 g/mol. The SMILES string of the molecule is CC[C@]1(F)CN(c2nccc(N)n2)CC[C@@H]1O. The van der Waals surface area contributed by atoms with Crippen LogP contribution in [0.4, 0.5) is 16.2 Å². The predicted octanol–water partition coefficient (Wildman–Crippen LogP) is 0.748. The molecular formula is C11H17FN4O. The van der Waals surface area contributed by atoms with Gasteiger partial charge in [-0.3, -0.25) is 0 Å². The van der Waals surface area contributed by atoms with Crippen LogP contribution in [0, 0.1) is 0 Å². The van der Waals surface area contributed by atoms with Crippen molar-refractivity contribution in [3.63, 3.8) is 0 Å². The Balaban J connectivity index is 2.19. The summed E-state index contributed by atoms with van der Waals surface area (Å²) in [5.74, 6) is 0.787. The molecule has 1 aromatic heterocycles. The molecule has 3 N–H and O–H groups in total. The highest BCUT2D eigenvalue weighted by Crippen LogP contribution is 2.30. The van der Waals surface area contributed by atoms with Gasteiger partial charge in [-0.1, -0.05) is 6.92 Å². The molecule has 1 aliphatic heterocycles. The quantitative estimate of drug-likeness (QED) is 0.797. The van der Waals surface area contributed by atoms with Gasteiger partial charge in [-0.15, -0.1) is 0 Å². The number of nitrogens with two attached hydrogens (primary N) is 1. The third-order valence-corrected chi connectivity index (χ3v) is 3.26. The minimum absolute atomic E-state index is 0.105. The molecule has 0 saturated carbocycles. The summed E-state index contributed by atoms with van der Waals surface area (Å²) in [6.07, 6.45) is 1.29. The highest BCUT2D eigenvalue weighted by Gasteiger charge is 2.42. The molecule has 1 aromatic rings. The third kappa shape index (κ3) is 2.31. The Labute approximate surface area is 99.5 Å². The van der Waals surface area contributed by atoms with E-state index in [4.69, 9.17) is 5.73 Å². The second-order valence-corrected chi connectivity index (χ2v) is 4.40. The molecule has 1 saturated heterocycles. The largest absolute Gasteiger partial charge is 0.390 e. The van der Waals surface area contributed by atoms with E-state index >= 15 is 0 Å². The van der Waals surface area contributed by atoms with Gasteiger partial charge >= 0.3 is 0 Å². The molecule has 0 radical (unpaired) electrons. The van der Waals surface area contributed by atoms with Crippen molar-refractivity contribution in [3.05, 3.63) is 12.3 Å². The average Bonchev–Trinajstić information content (AvgIpc) is 2.33. The van der Waals surface area contributed by atoms with Gasteiger partial charge in [0.1, 0.15) is 5.82 Å². The maximum Gasteiger partial charge on any atom is 0.227 e. The van der Waals surface area contributed by atoms with E-state index in [-0.39, 0.29) is 13.0 Å². The van der Waals surface area contributed by atoms with E-state index < -0.39 is 11.8 Å². The van der Waals surface area contributed by atoms with E-state index in [1.165, 1.54) is 0 Å². The molecule has 0 unspecified atom stereocenters. The van der Waals surface area contributed by atoms with Crippen molar-refractivity contribution >= 4 is 11.8 Å². The van der Waals surface area contributed by atoms with Gasteiger partial charge in [0.25, 0.3) is 0 Å². The second kappa shape index (κ2) is 4.44. The summed E-state index contributed by atoms with van der Waals surface area (Å²) in [6, 6.07) is 1.59. The molecule has 2 rings (SSSR count). The minimum atomic E-state index is -1.59. The maximum atomic E-state index is 14.4.